The largest absolute Gasteiger partial charge is 0.244 e. The highest BCUT2D eigenvalue weighted by Crippen LogP contribution is 2.35. The average molecular weight is 393 g/mol. The van der Waals surface area contributed by atoms with Gasteiger partial charge < -0.3 is 0 Å². The van der Waals surface area contributed by atoms with E-state index in [1.165, 1.54) is 87.3 Å². The minimum absolute atomic E-state index is 0.890. The summed E-state index contributed by atoms with van der Waals surface area (Å²) in [5.41, 5.74) is 5.15. The Morgan fingerprint density at radius 3 is 2.31 bits per heavy atom. The first-order valence-electron chi connectivity index (χ1n) is 12.2. The molecule has 2 heteroatoms. The number of rotatable bonds is 11. The molecule has 0 atom stereocenters. The summed E-state index contributed by atoms with van der Waals surface area (Å²) in [7, 11) is 0. The fraction of sp³-hybridized carbons (Fsp3) is 0.630. The van der Waals surface area contributed by atoms with E-state index in [0.29, 0.717) is 0 Å². The van der Waals surface area contributed by atoms with Gasteiger partial charge in [-0.15, -0.1) is 0 Å². The average Bonchev–Trinajstić information content (AvgIpc) is 2.78. The van der Waals surface area contributed by atoms with Crippen LogP contribution in [0.4, 0.5) is 0 Å². The Morgan fingerprint density at radius 2 is 1.55 bits per heavy atom. The molecule has 2 aromatic rings. The summed E-state index contributed by atoms with van der Waals surface area (Å²) in [6.45, 7) is 4.52. The Kier molecular flexibility index (Phi) is 9.18. The summed E-state index contributed by atoms with van der Waals surface area (Å²) in [5.74, 6) is 1.89. The number of aryl methyl sites for hydroxylation is 2. The topological polar surface area (TPSA) is 25.8 Å². The van der Waals surface area contributed by atoms with E-state index in [-0.39, 0.29) is 0 Å². The van der Waals surface area contributed by atoms with Gasteiger partial charge in [0.25, 0.3) is 0 Å². The highest BCUT2D eigenvalue weighted by atomic mass is 14.8. The Balaban J connectivity index is 1.48. The molecule has 0 radical (unpaired) electrons. The molecule has 1 fully saturated rings. The van der Waals surface area contributed by atoms with Gasteiger partial charge in [-0.05, 0) is 42.2 Å². The molecule has 1 saturated carbocycles. The monoisotopic (exact) mass is 392 g/mol. The zero-order chi connectivity index (χ0) is 20.3. The van der Waals surface area contributed by atoms with Crippen LogP contribution >= 0.6 is 0 Å². The van der Waals surface area contributed by atoms with Gasteiger partial charge in [-0.25, -0.2) is 9.97 Å². The number of aromatic nitrogens is 2. The zero-order valence-corrected chi connectivity index (χ0v) is 18.7. The van der Waals surface area contributed by atoms with E-state index in [4.69, 9.17) is 0 Å². The smallest absolute Gasteiger partial charge is 0.116 e. The highest BCUT2D eigenvalue weighted by Gasteiger charge is 2.21. The number of unbranched alkanes of at least 4 members (excludes halogenated alkanes) is 4. The fourth-order valence-electron chi connectivity index (χ4n) is 5.05. The number of benzene rings is 1. The minimum atomic E-state index is 0.890. The molecule has 0 amide bonds. The van der Waals surface area contributed by atoms with Crippen molar-refractivity contribution in [1.29, 1.82) is 0 Å². The molecule has 1 aliphatic rings. The van der Waals surface area contributed by atoms with Crippen molar-refractivity contribution >= 4 is 0 Å². The van der Waals surface area contributed by atoms with Gasteiger partial charge in [0.2, 0.25) is 0 Å². The molecule has 0 unspecified atom stereocenters. The third-order valence-electron chi connectivity index (χ3n) is 6.95. The van der Waals surface area contributed by atoms with Crippen LogP contribution in [0.1, 0.15) is 95.6 Å². The first-order valence-corrected chi connectivity index (χ1v) is 12.2. The molecule has 0 spiro atoms. The molecule has 1 heterocycles. The second-order valence-electron chi connectivity index (χ2n) is 9.04. The first-order chi connectivity index (χ1) is 14.3. The molecule has 0 aliphatic heterocycles. The quantitative estimate of drug-likeness (QED) is 0.364. The third-order valence-corrected chi connectivity index (χ3v) is 6.95. The standard InChI is InChI=1S/C27H40N2/c1-3-5-6-7-8-11-22-14-16-23(17-15-22)18-19-25-20-28-21-29-27(25)26-13-10-9-12-24(26)4-2/h9-10,12-13,20-23H,3-8,11,14-19H2,1-2H3. The van der Waals surface area contributed by atoms with Crippen LogP contribution in [-0.2, 0) is 12.8 Å². The lowest BCUT2D eigenvalue weighted by Gasteiger charge is -2.28. The maximum atomic E-state index is 4.68. The minimum Gasteiger partial charge on any atom is -0.244 e. The molecule has 1 aromatic carbocycles. The summed E-state index contributed by atoms with van der Waals surface area (Å²) in [4.78, 5) is 9.02. The van der Waals surface area contributed by atoms with Crippen molar-refractivity contribution < 1.29 is 0 Å². The van der Waals surface area contributed by atoms with Crippen LogP contribution in [0, 0.1) is 11.8 Å². The maximum Gasteiger partial charge on any atom is 0.116 e. The molecule has 0 bridgehead atoms. The van der Waals surface area contributed by atoms with E-state index in [0.717, 1.165) is 30.4 Å². The highest BCUT2D eigenvalue weighted by molar-refractivity contribution is 5.66. The van der Waals surface area contributed by atoms with Crippen molar-refractivity contribution in [2.45, 2.75) is 97.3 Å². The Morgan fingerprint density at radius 1 is 0.828 bits per heavy atom. The molecule has 3 rings (SSSR count). The number of hydrogen-bond acceptors (Lipinski definition) is 2. The van der Waals surface area contributed by atoms with E-state index in [2.05, 4.69) is 54.3 Å². The summed E-state index contributed by atoms with van der Waals surface area (Å²) < 4.78 is 0. The van der Waals surface area contributed by atoms with Gasteiger partial charge >= 0.3 is 0 Å². The fourth-order valence-corrected chi connectivity index (χ4v) is 5.05. The second-order valence-corrected chi connectivity index (χ2v) is 9.04. The maximum absolute atomic E-state index is 4.68. The predicted octanol–water partition coefficient (Wildman–Crippen LogP) is 7.81. The van der Waals surface area contributed by atoms with E-state index < -0.39 is 0 Å². The lowest BCUT2D eigenvalue weighted by atomic mass is 9.77. The lowest BCUT2D eigenvalue weighted by molar-refractivity contribution is 0.248. The van der Waals surface area contributed by atoms with Gasteiger partial charge in [0.05, 0.1) is 5.69 Å². The molecule has 2 nitrogen and oxygen atoms in total. The number of hydrogen-bond donors (Lipinski definition) is 0. The van der Waals surface area contributed by atoms with E-state index in [1.54, 1.807) is 6.33 Å². The van der Waals surface area contributed by atoms with Crippen LogP contribution in [0.5, 0.6) is 0 Å². The van der Waals surface area contributed by atoms with Crippen molar-refractivity contribution in [1.82, 2.24) is 9.97 Å². The van der Waals surface area contributed by atoms with Crippen LogP contribution in [0.25, 0.3) is 11.3 Å². The molecular weight excluding hydrogens is 352 g/mol. The van der Waals surface area contributed by atoms with Crippen LogP contribution in [0.3, 0.4) is 0 Å². The Bertz CT molecular complexity index is 716. The van der Waals surface area contributed by atoms with Crippen molar-refractivity contribution in [2.75, 3.05) is 0 Å². The summed E-state index contributed by atoms with van der Waals surface area (Å²) >= 11 is 0. The molecular formula is C27H40N2. The van der Waals surface area contributed by atoms with Gasteiger partial charge in [-0.1, -0.05) is 102 Å². The van der Waals surface area contributed by atoms with Gasteiger partial charge in [-0.2, -0.15) is 0 Å². The van der Waals surface area contributed by atoms with Crippen LogP contribution in [-0.4, -0.2) is 9.97 Å². The summed E-state index contributed by atoms with van der Waals surface area (Å²) in [5, 5.41) is 0. The molecule has 29 heavy (non-hydrogen) atoms. The van der Waals surface area contributed by atoms with Crippen LogP contribution < -0.4 is 0 Å². The molecule has 0 saturated heterocycles. The Hall–Kier alpha value is -1.70. The molecule has 1 aromatic heterocycles. The van der Waals surface area contributed by atoms with Crippen molar-refractivity contribution in [3.05, 3.63) is 47.9 Å². The van der Waals surface area contributed by atoms with E-state index >= 15 is 0 Å². The molecule has 0 N–H and O–H groups in total. The van der Waals surface area contributed by atoms with E-state index in [1.807, 2.05) is 0 Å². The molecule has 1 aliphatic carbocycles. The first kappa shape index (κ1) is 22.0. The summed E-state index contributed by atoms with van der Waals surface area (Å²) in [6, 6.07) is 8.70. The SMILES string of the molecule is CCCCCCCC1CCC(CCc2cncnc2-c2ccccc2CC)CC1. The third kappa shape index (κ3) is 6.66. The molecule has 158 valence electrons. The van der Waals surface area contributed by atoms with E-state index in [9.17, 15) is 0 Å². The van der Waals surface area contributed by atoms with Gasteiger partial charge in [0, 0.05) is 11.8 Å². The van der Waals surface area contributed by atoms with Gasteiger partial charge in [0.1, 0.15) is 6.33 Å². The lowest BCUT2D eigenvalue weighted by Crippen LogP contribution is -2.15. The predicted molar refractivity (Wildman–Crippen MR) is 124 cm³/mol. The van der Waals surface area contributed by atoms with Crippen molar-refractivity contribution in [3.63, 3.8) is 0 Å². The summed E-state index contributed by atoms with van der Waals surface area (Å²) in [6.07, 6.45) is 21.5. The van der Waals surface area contributed by atoms with Crippen LogP contribution in [0.15, 0.2) is 36.8 Å². The van der Waals surface area contributed by atoms with Crippen LogP contribution in [0.2, 0.25) is 0 Å². The van der Waals surface area contributed by atoms with Gasteiger partial charge in [0.15, 0.2) is 0 Å². The zero-order valence-electron chi connectivity index (χ0n) is 18.7. The normalized spacial score (nSPS) is 19.4. The van der Waals surface area contributed by atoms with Gasteiger partial charge in [-0.3, -0.25) is 0 Å². The number of nitrogens with zero attached hydrogens (tertiary/aromatic N) is 2. The van der Waals surface area contributed by atoms with Crippen molar-refractivity contribution in [3.8, 4) is 11.3 Å². The Labute approximate surface area is 178 Å². The second kappa shape index (κ2) is 12.1. The van der Waals surface area contributed by atoms with Crippen molar-refractivity contribution in [2.24, 2.45) is 11.8 Å².